The summed E-state index contributed by atoms with van der Waals surface area (Å²) in [5.41, 5.74) is 0. The first-order valence-corrected chi connectivity index (χ1v) is 4.49. The molecule has 0 aromatic heterocycles. The third-order valence-corrected chi connectivity index (χ3v) is 2.31. The molecule has 0 aliphatic heterocycles. The van der Waals surface area contributed by atoms with Gasteiger partial charge in [0.25, 0.3) is 0 Å². The quantitative estimate of drug-likeness (QED) is 0.601. The Hall–Kier alpha value is -0.300. The minimum Gasteiger partial charge on any atom is -0.311 e. The average molecular weight is 155 g/mol. The van der Waals surface area contributed by atoms with Gasteiger partial charge in [0.2, 0.25) is 0 Å². The van der Waals surface area contributed by atoms with E-state index in [2.05, 4.69) is 39.6 Å². The molecule has 0 saturated heterocycles. The van der Waals surface area contributed by atoms with Crippen molar-refractivity contribution in [3.05, 3.63) is 12.7 Å². The van der Waals surface area contributed by atoms with Gasteiger partial charge >= 0.3 is 0 Å². The van der Waals surface area contributed by atoms with Crippen molar-refractivity contribution < 1.29 is 0 Å². The van der Waals surface area contributed by atoms with Crippen molar-refractivity contribution in [2.24, 2.45) is 11.8 Å². The van der Waals surface area contributed by atoms with Gasteiger partial charge in [0, 0.05) is 6.04 Å². The van der Waals surface area contributed by atoms with Gasteiger partial charge in [-0.3, -0.25) is 0 Å². The number of hydrogen-bond donors (Lipinski definition) is 1. The fourth-order valence-electron chi connectivity index (χ4n) is 1.13. The van der Waals surface area contributed by atoms with Gasteiger partial charge in [0.1, 0.15) is 0 Å². The molecule has 0 fully saturated rings. The Balaban J connectivity index is 3.90. The summed E-state index contributed by atoms with van der Waals surface area (Å²) in [4.78, 5) is 0. The lowest BCUT2D eigenvalue weighted by atomic mass is 9.90. The zero-order valence-electron chi connectivity index (χ0n) is 8.22. The Morgan fingerprint density at radius 2 is 1.91 bits per heavy atom. The van der Waals surface area contributed by atoms with Gasteiger partial charge < -0.3 is 5.32 Å². The minimum absolute atomic E-state index is 0.472. The van der Waals surface area contributed by atoms with Crippen LogP contribution in [0.25, 0.3) is 0 Å². The summed E-state index contributed by atoms with van der Waals surface area (Å²) in [6.45, 7) is 13.7. The van der Waals surface area contributed by atoms with Crippen molar-refractivity contribution in [2.45, 2.75) is 33.7 Å². The molecular weight excluding hydrogens is 134 g/mol. The minimum atomic E-state index is 0.472. The van der Waals surface area contributed by atoms with Crippen molar-refractivity contribution in [3.8, 4) is 0 Å². The van der Waals surface area contributed by atoms with Crippen LogP contribution in [-0.4, -0.2) is 12.6 Å². The molecule has 0 heterocycles. The molecule has 0 aliphatic carbocycles. The zero-order chi connectivity index (χ0) is 8.85. The van der Waals surface area contributed by atoms with E-state index in [1.54, 1.807) is 0 Å². The molecule has 1 heteroatoms. The molecule has 1 nitrogen and oxygen atoms in total. The highest BCUT2D eigenvalue weighted by molar-refractivity contribution is 4.89. The molecule has 2 unspecified atom stereocenters. The highest BCUT2D eigenvalue weighted by atomic mass is 14.9. The van der Waals surface area contributed by atoms with Crippen molar-refractivity contribution in [1.29, 1.82) is 0 Å². The zero-order valence-corrected chi connectivity index (χ0v) is 8.22. The van der Waals surface area contributed by atoms with E-state index in [4.69, 9.17) is 0 Å². The summed E-state index contributed by atoms with van der Waals surface area (Å²) < 4.78 is 0. The Labute approximate surface area is 70.9 Å². The number of likely N-dealkylation sites (N-methyl/N-ethyl adjacent to an activating group) is 1. The van der Waals surface area contributed by atoms with E-state index in [9.17, 15) is 0 Å². The maximum absolute atomic E-state index is 3.82. The maximum Gasteiger partial charge on any atom is 0.0275 e. The first kappa shape index (κ1) is 10.7. The standard InChI is InChI=1S/C10H21N/c1-6-10(11-7-2)9(5)8(3)4/h6,8-11H,1,7H2,2-5H3. The third-order valence-electron chi connectivity index (χ3n) is 2.31. The number of hydrogen-bond acceptors (Lipinski definition) is 1. The molecule has 0 amide bonds. The molecule has 1 N–H and O–H groups in total. The van der Waals surface area contributed by atoms with Gasteiger partial charge in [-0.1, -0.05) is 33.8 Å². The van der Waals surface area contributed by atoms with E-state index >= 15 is 0 Å². The maximum atomic E-state index is 3.82. The van der Waals surface area contributed by atoms with Crippen LogP contribution < -0.4 is 5.32 Å². The molecule has 0 bridgehead atoms. The predicted octanol–water partition coefficient (Wildman–Crippen LogP) is 2.44. The lowest BCUT2D eigenvalue weighted by molar-refractivity contribution is 0.343. The Morgan fingerprint density at radius 3 is 2.18 bits per heavy atom. The summed E-state index contributed by atoms with van der Waals surface area (Å²) in [7, 11) is 0. The number of rotatable bonds is 5. The molecular formula is C10H21N. The normalized spacial score (nSPS) is 16.5. The van der Waals surface area contributed by atoms with Crippen molar-refractivity contribution in [3.63, 3.8) is 0 Å². The predicted molar refractivity (Wildman–Crippen MR) is 51.7 cm³/mol. The molecule has 0 aromatic rings. The second-order valence-corrected chi connectivity index (χ2v) is 3.42. The summed E-state index contributed by atoms with van der Waals surface area (Å²) in [6, 6.07) is 0.472. The highest BCUT2D eigenvalue weighted by Crippen LogP contribution is 2.14. The van der Waals surface area contributed by atoms with Gasteiger partial charge in [-0.15, -0.1) is 6.58 Å². The van der Waals surface area contributed by atoms with Crippen LogP contribution >= 0.6 is 0 Å². The molecule has 0 rings (SSSR count). The van der Waals surface area contributed by atoms with Crippen molar-refractivity contribution in [1.82, 2.24) is 5.32 Å². The fraction of sp³-hybridized carbons (Fsp3) is 0.800. The first-order valence-electron chi connectivity index (χ1n) is 4.49. The Morgan fingerprint density at radius 1 is 1.36 bits per heavy atom. The molecule has 0 radical (unpaired) electrons. The van der Waals surface area contributed by atoms with E-state index in [1.807, 2.05) is 6.08 Å². The van der Waals surface area contributed by atoms with Gasteiger partial charge in [0.15, 0.2) is 0 Å². The lowest BCUT2D eigenvalue weighted by Gasteiger charge is -2.24. The number of nitrogens with one attached hydrogen (secondary N) is 1. The summed E-state index contributed by atoms with van der Waals surface area (Å²) >= 11 is 0. The van der Waals surface area contributed by atoms with Gasteiger partial charge in [-0.05, 0) is 18.4 Å². The first-order chi connectivity index (χ1) is 5.13. The van der Waals surface area contributed by atoms with Crippen LogP contribution in [0.3, 0.4) is 0 Å². The Bertz CT molecular complexity index is 107. The molecule has 0 spiro atoms. The monoisotopic (exact) mass is 155 g/mol. The topological polar surface area (TPSA) is 12.0 Å². The SMILES string of the molecule is C=CC(NCC)C(C)C(C)C. The van der Waals surface area contributed by atoms with Gasteiger partial charge in [0.05, 0.1) is 0 Å². The average Bonchev–Trinajstić information content (AvgIpc) is 1.98. The van der Waals surface area contributed by atoms with E-state index in [1.165, 1.54) is 0 Å². The second kappa shape index (κ2) is 5.36. The van der Waals surface area contributed by atoms with Gasteiger partial charge in [-0.2, -0.15) is 0 Å². The molecule has 0 aliphatic rings. The van der Waals surface area contributed by atoms with Crippen molar-refractivity contribution >= 4 is 0 Å². The third kappa shape index (κ3) is 3.57. The van der Waals surface area contributed by atoms with E-state index in [0.717, 1.165) is 12.5 Å². The van der Waals surface area contributed by atoms with Crippen LogP contribution in [0.15, 0.2) is 12.7 Å². The summed E-state index contributed by atoms with van der Waals surface area (Å²) in [5.74, 6) is 1.39. The van der Waals surface area contributed by atoms with E-state index in [0.29, 0.717) is 12.0 Å². The van der Waals surface area contributed by atoms with Crippen molar-refractivity contribution in [2.75, 3.05) is 6.54 Å². The van der Waals surface area contributed by atoms with Crippen LogP contribution in [0.1, 0.15) is 27.7 Å². The molecule has 0 aromatic carbocycles. The molecule has 2 atom stereocenters. The summed E-state index contributed by atoms with van der Waals surface area (Å²) in [6.07, 6.45) is 2.01. The fourth-order valence-corrected chi connectivity index (χ4v) is 1.13. The van der Waals surface area contributed by atoms with E-state index < -0.39 is 0 Å². The van der Waals surface area contributed by atoms with Crippen LogP contribution in [0.4, 0.5) is 0 Å². The second-order valence-electron chi connectivity index (χ2n) is 3.42. The Kier molecular flexibility index (Phi) is 5.22. The van der Waals surface area contributed by atoms with E-state index in [-0.39, 0.29) is 0 Å². The molecule has 11 heavy (non-hydrogen) atoms. The highest BCUT2D eigenvalue weighted by Gasteiger charge is 2.15. The smallest absolute Gasteiger partial charge is 0.0275 e. The molecule has 0 saturated carbocycles. The van der Waals surface area contributed by atoms with Gasteiger partial charge in [-0.25, -0.2) is 0 Å². The molecule has 66 valence electrons. The van der Waals surface area contributed by atoms with Crippen LogP contribution in [0, 0.1) is 11.8 Å². The van der Waals surface area contributed by atoms with Crippen LogP contribution in [0.2, 0.25) is 0 Å². The van der Waals surface area contributed by atoms with Crippen LogP contribution in [0.5, 0.6) is 0 Å². The van der Waals surface area contributed by atoms with Crippen LogP contribution in [-0.2, 0) is 0 Å². The lowest BCUT2D eigenvalue weighted by Crippen LogP contribution is -2.35. The largest absolute Gasteiger partial charge is 0.311 e. The summed E-state index contributed by atoms with van der Waals surface area (Å²) in [5, 5.41) is 3.40.